The molecule has 0 aromatic heterocycles. The molecule has 0 saturated heterocycles. The number of thioether (sulfide) groups is 1. The number of carbonyl (C=O) groups excluding carboxylic acids is 2. The number of rotatable bonds is 10. The van der Waals surface area contributed by atoms with Gasteiger partial charge in [0.15, 0.2) is 5.71 Å². The van der Waals surface area contributed by atoms with Crippen molar-refractivity contribution in [1.29, 1.82) is 0 Å². The number of carbonyl (C=O) groups is 3. The Labute approximate surface area is 246 Å². The number of aromatic carboxylic acids is 1. The highest BCUT2D eigenvalue weighted by Crippen LogP contribution is 2.33. The summed E-state index contributed by atoms with van der Waals surface area (Å²) in [7, 11) is 0. The lowest BCUT2D eigenvalue weighted by Gasteiger charge is -2.17. The van der Waals surface area contributed by atoms with Gasteiger partial charge in [0.05, 0.1) is 11.3 Å². The first kappa shape index (κ1) is 28.6. The Morgan fingerprint density at radius 2 is 1.60 bits per heavy atom. The summed E-state index contributed by atoms with van der Waals surface area (Å²) in [6.45, 7) is 0.440. The molecule has 0 aliphatic carbocycles. The van der Waals surface area contributed by atoms with Crippen LogP contribution >= 0.6 is 11.8 Å². The molecule has 4 aromatic rings. The minimum Gasteiger partial charge on any atom is -0.478 e. The van der Waals surface area contributed by atoms with Gasteiger partial charge in [-0.3, -0.25) is 4.79 Å². The predicted molar refractivity (Wildman–Crippen MR) is 162 cm³/mol. The second kappa shape index (κ2) is 13.1. The van der Waals surface area contributed by atoms with Crippen molar-refractivity contribution < 1.29 is 23.9 Å². The number of halogens is 1. The number of urea groups is 1. The maximum absolute atomic E-state index is 13.5. The molecule has 4 aromatic carbocycles. The van der Waals surface area contributed by atoms with Gasteiger partial charge < -0.3 is 15.3 Å². The van der Waals surface area contributed by atoms with Crippen LogP contribution in [0.1, 0.15) is 27.0 Å². The van der Waals surface area contributed by atoms with Crippen LogP contribution in [-0.2, 0) is 17.6 Å². The van der Waals surface area contributed by atoms with Crippen LogP contribution in [0, 0.1) is 5.82 Å². The van der Waals surface area contributed by atoms with Crippen molar-refractivity contribution in [3.8, 4) is 0 Å². The third-order valence-corrected chi connectivity index (χ3v) is 7.66. The van der Waals surface area contributed by atoms with Gasteiger partial charge >= 0.3 is 12.0 Å². The van der Waals surface area contributed by atoms with E-state index in [2.05, 4.69) is 15.8 Å². The Hall–Kier alpha value is -4.96. The first-order valence-corrected chi connectivity index (χ1v) is 14.2. The van der Waals surface area contributed by atoms with E-state index in [0.29, 0.717) is 29.9 Å². The highest BCUT2D eigenvalue weighted by molar-refractivity contribution is 7.99. The largest absolute Gasteiger partial charge is 0.478 e. The lowest BCUT2D eigenvalue weighted by Crippen LogP contribution is -2.34. The second-order valence-corrected chi connectivity index (χ2v) is 10.7. The third kappa shape index (κ3) is 7.02. The molecular weight excluding hydrogens is 555 g/mol. The normalized spacial score (nSPS) is 13.2. The summed E-state index contributed by atoms with van der Waals surface area (Å²) in [4.78, 5) is 39.7. The van der Waals surface area contributed by atoms with Crippen molar-refractivity contribution in [1.82, 2.24) is 5.43 Å². The summed E-state index contributed by atoms with van der Waals surface area (Å²) >= 11 is 1.60. The van der Waals surface area contributed by atoms with Gasteiger partial charge in [0, 0.05) is 28.4 Å². The van der Waals surface area contributed by atoms with Crippen LogP contribution < -0.4 is 15.6 Å². The van der Waals surface area contributed by atoms with E-state index in [0.717, 1.165) is 28.2 Å². The zero-order valence-corrected chi connectivity index (χ0v) is 23.2. The average molecular weight is 583 g/mol. The maximum Gasteiger partial charge on any atom is 0.339 e. The molecule has 1 heterocycles. The Morgan fingerprint density at radius 1 is 0.881 bits per heavy atom. The van der Waals surface area contributed by atoms with Crippen LogP contribution in [0.4, 0.5) is 20.6 Å². The van der Waals surface area contributed by atoms with Gasteiger partial charge in [0.1, 0.15) is 5.82 Å². The standard InChI is InChI=1S/C32H27FN4O4S/c33-24-10-12-25(13-11-24)34-32(41)36-35-29-27-20-26(42-19-17-22-6-8-23(9-7-22)31(39)40)14-15-28(27)37(30(29)38)18-16-21-4-2-1-3-5-21/h1-15,20H,16-19H2,(H,39,40)(H2,34,36,41). The predicted octanol–water partition coefficient (Wildman–Crippen LogP) is 5.97. The Kier molecular flexibility index (Phi) is 8.93. The molecule has 212 valence electrons. The van der Waals surface area contributed by atoms with Crippen LogP contribution in [0.25, 0.3) is 0 Å². The van der Waals surface area contributed by atoms with Crippen LogP contribution in [0.2, 0.25) is 0 Å². The van der Waals surface area contributed by atoms with Gasteiger partial charge in [-0.05, 0) is 78.6 Å². The number of hydrogen-bond donors (Lipinski definition) is 3. The summed E-state index contributed by atoms with van der Waals surface area (Å²) in [6.07, 6.45) is 1.38. The number of anilines is 2. The van der Waals surface area contributed by atoms with Crippen molar-refractivity contribution in [2.75, 3.05) is 22.5 Å². The lowest BCUT2D eigenvalue weighted by molar-refractivity contribution is -0.112. The molecule has 0 unspecified atom stereocenters. The van der Waals surface area contributed by atoms with Crippen molar-refractivity contribution in [3.05, 3.63) is 125 Å². The highest BCUT2D eigenvalue weighted by atomic mass is 32.2. The summed E-state index contributed by atoms with van der Waals surface area (Å²) in [5.41, 5.74) is 6.60. The summed E-state index contributed by atoms with van der Waals surface area (Å²) < 4.78 is 13.2. The van der Waals surface area contributed by atoms with Crippen molar-refractivity contribution >= 4 is 46.8 Å². The third-order valence-electron chi connectivity index (χ3n) is 6.66. The van der Waals surface area contributed by atoms with E-state index in [1.54, 1.807) is 28.8 Å². The van der Waals surface area contributed by atoms with E-state index in [1.165, 1.54) is 24.3 Å². The highest BCUT2D eigenvalue weighted by Gasteiger charge is 2.34. The summed E-state index contributed by atoms with van der Waals surface area (Å²) in [6, 6.07) is 27.1. The number of nitrogens with zero attached hydrogens (tertiary/aromatic N) is 2. The van der Waals surface area contributed by atoms with E-state index >= 15 is 0 Å². The molecule has 1 aliphatic heterocycles. The number of amides is 3. The molecule has 0 saturated carbocycles. The van der Waals surface area contributed by atoms with Gasteiger partial charge in [-0.25, -0.2) is 19.4 Å². The Balaban J connectivity index is 1.31. The first-order valence-electron chi connectivity index (χ1n) is 13.2. The number of fused-ring (bicyclic) bond motifs is 1. The number of aryl methyl sites for hydroxylation is 1. The smallest absolute Gasteiger partial charge is 0.339 e. The topological polar surface area (TPSA) is 111 Å². The summed E-state index contributed by atoms with van der Waals surface area (Å²) in [5, 5.41) is 15.8. The van der Waals surface area contributed by atoms with Crippen molar-refractivity contribution in [2.45, 2.75) is 17.7 Å². The second-order valence-electron chi connectivity index (χ2n) is 9.51. The van der Waals surface area contributed by atoms with Gasteiger partial charge in [0.25, 0.3) is 5.91 Å². The van der Waals surface area contributed by atoms with Gasteiger partial charge in [0.2, 0.25) is 0 Å². The maximum atomic E-state index is 13.5. The number of carboxylic acid groups (broad SMARTS) is 1. The van der Waals surface area contributed by atoms with E-state index < -0.39 is 17.8 Å². The quantitative estimate of drug-likeness (QED) is 0.158. The molecule has 0 atom stereocenters. The molecule has 0 spiro atoms. The van der Waals surface area contributed by atoms with Crippen LogP contribution in [0.15, 0.2) is 107 Å². The fourth-order valence-corrected chi connectivity index (χ4v) is 5.44. The van der Waals surface area contributed by atoms with Crippen molar-refractivity contribution in [2.24, 2.45) is 5.10 Å². The van der Waals surface area contributed by atoms with E-state index in [1.807, 2.05) is 60.7 Å². The molecule has 3 N–H and O–H groups in total. The fourth-order valence-electron chi connectivity index (χ4n) is 4.50. The molecule has 3 amide bonds. The SMILES string of the molecule is O=C(NN=C1C(=O)N(CCc2ccccc2)c2ccc(SCCc3ccc(C(=O)O)cc3)cc21)Nc1ccc(F)cc1. The van der Waals surface area contributed by atoms with E-state index in [-0.39, 0.29) is 17.2 Å². The first-order chi connectivity index (χ1) is 20.4. The molecular formula is C32H27FN4O4S. The minimum atomic E-state index is -0.957. The van der Waals surface area contributed by atoms with E-state index in [4.69, 9.17) is 5.11 Å². The summed E-state index contributed by atoms with van der Waals surface area (Å²) in [5.74, 6) is -0.957. The number of hydrazone groups is 1. The molecule has 5 rings (SSSR count). The lowest BCUT2D eigenvalue weighted by atomic mass is 10.1. The Morgan fingerprint density at radius 3 is 2.31 bits per heavy atom. The van der Waals surface area contributed by atoms with Crippen molar-refractivity contribution in [3.63, 3.8) is 0 Å². The number of benzene rings is 4. The van der Waals surface area contributed by atoms with Gasteiger partial charge in [-0.15, -0.1) is 11.8 Å². The Bertz CT molecular complexity index is 1630. The number of nitrogens with one attached hydrogen (secondary N) is 2. The zero-order valence-electron chi connectivity index (χ0n) is 22.4. The molecule has 10 heteroatoms. The molecule has 0 fully saturated rings. The molecule has 0 bridgehead atoms. The monoisotopic (exact) mass is 582 g/mol. The molecule has 0 radical (unpaired) electrons. The zero-order chi connectivity index (χ0) is 29.5. The van der Waals surface area contributed by atoms with Gasteiger partial charge in [-0.2, -0.15) is 5.10 Å². The van der Waals surface area contributed by atoms with Crippen LogP contribution in [0.3, 0.4) is 0 Å². The molecule has 1 aliphatic rings. The molecule has 8 nitrogen and oxygen atoms in total. The molecule has 42 heavy (non-hydrogen) atoms. The number of carboxylic acids is 1. The van der Waals surface area contributed by atoms with Crippen LogP contribution in [0.5, 0.6) is 0 Å². The van der Waals surface area contributed by atoms with Crippen LogP contribution in [-0.4, -0.2) is 41.0 Å². The fraction of sp³-hybridized carbons (Fsp3) is 0.125. The average Bonchev–Trinajstić information content (AvgIpc) is 3.26. The minimum absolute atomic E-state index is 0.124. The van der Waals surface area contributed by atoms with Gasteiger partial charge in [-0.1, -0.05) is 42.5 Å². The number of hydrogen-bond acceptors (Lipinski definition) is 5. The van der Waals surface area contributed by atoms with E-state index in [9.17, 15) is 18.8 Å².